The Balaban J connectivity index is 2.26. The van der Waals surface area contributed by atoms with E-state index in [4.69, 9.17) is 9.47 Å². The third-order valence-corrected chi connectivity index (χ3v) is 5.23. The molecule has 0 saturated heterocycles. The van der Waals surface area contributed by atoms with Crippen LogP contribution >= 0.6 is 31.9 Å². The van der Waals surface area contributed by atoms with Crippen molar-refractivity contribution in [3.8, 4) is 34.5 Å². The Morgan fingerprint density at radius 1 is 0.850 bits per heavy atom. The predicted molar refractivity (Wildman–Crippen MR) is 81.2 cm³/mol. The first-order valence-electron chi connectivity index (χ1n) is 5.80. The largest absolute Gasteiger partial charge is 0.504 e. The molecule has 2 aromatic rings. The molecule has 0 radical (unpaired) electrons. The van der Waals surface area contributed by atoms with Crippen LogP contribution in [0.4, 0.5) is 0 Å². The smallest absolute Gasteiger partial charge is 0.185 e. The number of ether oxygens (including phenoxy) is 2. The van der Waals surface area contributed by atoms with Gasteiger partial charge in [-0.05, 0) is 57.8 Å². The van der Waals surface area contributed by atoms with E-state index in [1.807, 2.05) is 6.07 Å². The van der Waals surface area contributed by atoms with Crippen LogP contribution in [0.15, 0.2) is 21.1 Å². The quantitative estimate of drug-likeness (QED) is 0.512. The Kier molecular flexibility index (Phi) is 3.10. The van der Waals surface area contributed by atoms with Gasteiger partial charge in [-0.2, -0.15) is 0 Å². The lowest BCUT2D eigenvalue weighted by Gasteiger charge is -2.25. The van der Waals surface area contributed by atoms with Crippen molar-refractivity contribution in [2.45, 2.75) is 13.8 Å². The molecule has 6 heteroatoms. The average molecular weight is 402 g/mol. The summed E-state index contributed by atoms with van der Waals surface area (Å²) in [5.41, 5.74) is 0.869. The van der Waals surface area contributed by atoms with Crippen molar-refractivity contribution in [1.82, 2.24) is 0 Å². The van der Waals surface area contributed by atoms with Crippen LogP contribution in [0.3, 0.4) is 0 Å². The van der Waals surface area contributed by atoms with Crippen molar-refractivity contribution in [3.05, 3.63) is 32.2 Å². The third-order valence-electron chi connectivity index (χ3n) is 3.25. The van der Waals surface area contributed by atoms with Crippen LogP contribution in [0, 0.1) is 13.8 Å². The monoisotopic (exact) mass is 400 g/mol. The zero-order chi connectivity index (χ0) is 14.6. The zero-order valence-electron chi connectivity index (χ0n) is 10.6. The fourth-order valence-corrected chi connectivity index (χ4v) is 2.78. The summed E-state index contributed by atoms with van der Waals surface area (Å²) in [4.78, 5) is 0. The summed E-state index contributed by atoms with van der Waals surface area (Å²) in [6.07, 6.45) is 0. The molecule has 3 rings (SSSR count). The molecule has 0 aliphatic carbocycles. The maximum absolute atomic E-state index is 9.91. The van der Waals surface area contributed by atoms with Crippen molar-refractivity contribution in [1.29, 1.82) is 0 Å². The van der Waals surface area contributed by atoms with E-state index in [2.05, 4.69) is 31.9 Å². The Morgan fingerprint density at radius 2 is 1.40 bits per heavy atom. The van der Waals surface area contributed by atoms with Crippen LogP contribution in [0.2, 0.25) is 0 Å². The van der Waals surface area contributed by atoms with E-state index in [0.717, 1.165) is 8.95 Å². The topological polar surface area (TPSA) is 58.9 Å². The molecule has 1 aliphatic heterocycles. The highest BCUT2D eigenvalue weighted by Gasteiger charge is 2.29. The van der Waals surface area contributed by atoms with E-state index in [9.17, 15) is 10.2 Å². The maximum Gasteiger partial charge on any atom is 0.185 e. The highest BCUT2D eigenvalue weighted by atomic mass is 79.9. The average Bonchev–Trinajstić information content (AvgIpc) is 2.45. The van der Waals surface area contributed by atoms with Gasteiger partial charge in [0.25, 0.3) is 0 Å². The van der Waals surface area contributed by atoms with E-state index in [0.29, 0.717) is 34.1 Å². The number of phenolic OH excluding ortho intramolecular Hbond substituents is 2. The number of halogens is 2. The van der Waals surface area contributed by atoms with Crippen LogP contribution in [0.1, 0.15) is 11.1 Å². The van der Waals surface area contributed by atoms with Gasteiger partial charge in [-0.25, -0.2) is 0 Å². The third kappa shape index (κ3) is 1.78. The number of aromatic hydroxyl groups is 2. The summed E-state index contributed by atoms with van der Waals surface area (Å²) in [6.45, 7) is 3.32. The van der Waals surface area contributed by atoms with Crippen LogP contribution < -0.4 is 9.47 Å². The lowest BCUT2D eigenvalue weighted by Crippen LogP contribution is -2.03. The summed E-state index contributed by atoms with van der Waals surface area (Å²) >= 11 is 6.83. The number of benzene rings is 2. The molecule has 2 N–H and O–H groups in total. The molecular formula is C14H10Br2O4. The molecule has 1 aliphatic rings. The number of hydrogen-bond donors (Lipinski definition) is 2. The summed E-state index contributed by atoms with van der Waals surface area (Å²) in [7, 11) is 0. The predicted octanol–water partition coefficient (Wildman–Crippen LogP) is 5.14. The van der Waals surface area contributed by atoms with Crippen molar-refractivity contribution in [3.63, 3.8) is 0 Å². The first-order valence-corrected chi connectivity index (χ1v) is 7.39. The fourth-order valence-electron chi connectivity index (χ4n) is 2.06. The van der Waals surface area contributed by atoms with Crippen LogP contribution in [0.25, 0.3) is 0 Å². The zero-order valence-corrected chi connectivity index (χ0v) is 13.8. The van der Waals surface area contributed by atoms with Gasteiger partial charge in [0, 0.05) is 15.6 Å². The molecule has 4 nitrogen and oxygen atoms in total. The first-order chi connectivity index (χ1) is 9.41. The van der Waals surface area contributed by atoms with Crippen LogP contribution in [-0.2, 0) is 0 Å². The molecule has 0 spiro atoms. The molecular weight excluding hydrogens is 392 g/mol. The second-order valence-corrected chi connectivity index (χ2v) is 6.15. The van der Waals surface area contributed by atoms with Gasteiger partial charge in [-0.1, -0.05) is 0 Å². The van der Waals surface area contributed by atoms with Gasteiger partial charge in [0.1, 0.15) is 0 Å². The lowest BCUT2D eigenvalue weighted by atomic mass is 10.1. The molecule has 0 saturated carbocycles. The van der Waals surface area contributed by atoms with Gasteiger partial charge in [0.15, 0.2) is 34.5 Å². The standard InChI is InChI=1S/C14H10Br2O4/c1-5-10(17)11(18)6(2)13-12(5)19-8-4-3-7(15)9(16)14(8)20-13/h3-4,17-18H,1-2H3. The summed E-state index contributed by atoms with van der Waals surface area (Å²) < 4.78 is 13.2. The number of phenols is 2. The van der Waals surface area contributed by atoms with Crippen LogP contribution in [0.5, 0.6) is 34.5 Å². The van der Waals surface area contributed by atoms with Gasteiger partial charge >= 0.3 is 0 Å². The van der Waals surface area contributed by atoms with Gasteiger partial charge in [0.2, 0.25) is 0 Å². The minimum absolute atomic E-state index is 0.190. The molecule has 20 heavy (non-hydrogen) atoms. The number of rotatable bonds is 0. The molecule has 0 atom stereocenters. The van der Waals surface area contributed by atoms with E-state index in [1.54, 1.807) is 19.9 Å². The molecule has 2 aromatic carbocycles. The SMILES string of the molecule is Cc1c(O)c(O)c(C)c2c1Oc1ccc(Br)c(Br)c1O2. The van der Waals surface area contributed by atoms with Crippen molar-refractivity contribution in [2.24, 2.45) is 0 Å². The van der Waals surface area contributed by atoms with Gasteiger partial charge in [0.05, 0.1) is 4.47 Å². The molecule has 0 fully saturated rings. The lowest BCUT2D eigenvalue weighted by molar-refractivity contribution is 0.337. The second kappa shape index (κ2) is 4.56. The highest BCUT2D eigenvalue weighted by Crippen LogP contribution is 2.56. The molecule has 104 valence electrons. The Bertz CT molecular complexity index is 741. The molecule has 0 unspecified atom stereocenters. The van der Waals surface area contributed by atoms with E-state index >= 15 is 0 Å². The Morgan fingerprint density at radius 3 is 2.00 bits per heavy atom. The van der Waals surface area contributed by atoms with Gasteiger partial charge < -0.3 is 19.7 Å². The van der Waals surface area contributed by atoms with Gasteiger partial charge in [-0.3, -0.25) is 0 Å². The Labute approximate surface area is 132 Å². The molecule has 1 heterocycles. The van der Waals surface area contributed by atoms with E-state index in [1.165, 1.54) is 0 Å². The van der Waals surface area contributed by atoms with Crippen molar-refractivity contribution < 1.29 is 19.7 Å². The minimum Gasteiger partial charge on any atom is -0.504 e. The number of hydrogen-bond acceptors (Lipinski definition) is 4. The summed E-state index contributed by atoms with van der Waals surface area (Å²) in [6, 6.07) is 3.60. The second-order valence-electron chi connectivity index (χ2n) is 4.50. The fraction of sp³-hybridized carbons (Fsp3) is 0.143. The number of fused-ring (bicyclic) bond motifs is 2. The van der Waals surface area contributed by atoms with Crippen molar-refractivity contribution >= 4 is 31.9 Å². The minimum atomic E-state index is -0.195. The molecule has 0 amide bonds. The van der Waals surface area contributed by atoms with Crippen LogP contribution in [-0.4, -0.2) is 10.2 Å². The normalized spacial score (nSPS) is 12.2. The van der Waals surface area contributed by atoms with E-state index in [-0.39, 0.29) is 11.5 Å². The van der Waals surface area contributed by atoms with Gasteiger partial charge in [-0.15, -0.1) is 0 Å². The van der Waals surface area contributed by atoms with Crippen molar-refractivity contribution in [2.75, 3.05) is 0 Å². The Hall–Kier alpha value is -1.40. The molecule has 0 bridgehead atoms. The highest BCUT2D eigenvalue weighted by molar-refractivity contribution is 9.13. The molecule has 0 aromatic heterocycles. The summed E-state index contributed by atoms with van der Waals surface area (Å²) in [5, 5.41) is 19.8. The maximum atomic E-state index is 9.91. The van der Waals surface area contributed by atoms with E-state index < -0.39 is 0 Å². The first kappa shape index (κ1) is 13.6. The summed E-state index contributed by atoms with van der Waals surface area (Å²) in [5.74, 6) is 1.51.